The van der Waals surface area contributed by atoms with Crippen LogP contribution in [-0.4, -0.2) is 4.57 Å². The van der Waals surface area contributed by atoms with Crippen molar-refractivity contribution < 1.29 is 4.42 Å². The monoisotopic (exact) mass is 804 g/mol. The quantitative estimate of drug-likeness (QED) is 0.153. The highest BCUT2D eigenvalue weighted by Crippen LogP contribution is 2.41. The first kappa shape index (κ1) is 36.5. The molecule has 0 N–H and O–H groups in total. The zero-order chi connectivity index (χ0) is 41.7. The van der Waals surface area contributed by atoms with E-state index in [4.69, 9.17) is 4.42 Å². The van der Waals surface area contributed by atoms with Crippen LogP contribution in [0.25, 0.3) is 93.9 Å². The second-order valence-electron chi connectivity index (χ2n) is 16.1. The van der Waals surface area contributed by atoms with Crippen LogP contribution in [-0.2, 0) is 0 Å². The van der Waals surface area contributed by atoms with Crippen molar-refractivity contribution in [3.05, 3.63) is 243 Å². The van der Waals surface area contributed by atoms with Gasteiger partial charge >= 0.3 is 0 Å². The van der Waals surface area contributed by atoms with Gasteiger partial charge in [0, 0.05) is 44.3 Å². The molecule has 0 saturated carbocycles. The normalized spacial score (nSPS) is 11.5. The third kappa shape index (κ3) is 6.46. The molecule has 2 heterocycles. The van der Waals surface area contributed by atoms with E-state index < -0.39 is 0 Å². The Morgan fingerprint density at radius 2 is 0.794 bits per heavy atom. The van der Waals surface area contributed by atoms with Crippen LogP contribution in [0, 0.1) is 0 Å². The van der Waals surface area contributed by atoms with Crippen molar-refractivity contribution in [2.75, 3.05) is 4.90 Å². The summed E-state index contributed by atoms with van der Waals surface area (Å²) in [6.45, 7) is 0. The minimum absolute atomic E-state index is 0.896. The molecule has 0 saturated heterocycles. The lowest BCUT2D eigenvalue weighted by Gasteiger charge is -2.27. The molecule has 0 bridgehead atoms. The summed E-state index contributed by atoms with van der Waals surface area (Å²) in [5, 5.41) is 4.76. The number of rotatable bonds is 8. The lowest BCUT2D eigenvalue weighted by Crippen LogP contribution is -2.10. The SMILES string of the molecule is c1ccc(-c2cccc(-c3ccc(N(c4ccc(-c5ccccc5-c5ccc6c(c5)oc5ccccc56)cc4)c4cccc(-n5c6ccccc6c6ccccc65)c4)cc3)c2)cc1. The van der Waals surface area contributed by atoms with Gasteiger partial charge in [0.2, 0.25) is 0 Å². The van der Waals surface area contributed by atoms with E-state index in [2.05, 4.69) is 240 Å². The van der Waals surface area contributed by atoms with E-state index in [0.29, 0.717) is 0 Å². The fourth-order valence-electron chi connectivity index (χ4n) is 9.40. The van der Waals surface area contributed by atoms with Crippen LogP contribution < -0.4 is 4.90 Å². The number of nitrogens with zero attached hydrogens (tertiary/aromatic N) is 2. The van der Waals surface area contributed by atoms with Gasteiger partial charge in [-0.1, -0.05) is 164 Å². The number of furan rings is 1. The van der Waals surface area contributed by atoms with E-state index in [1.807, 2.05) is 12.1 Å². The topological polar surface area (TPSA) is 21.3 Å². The molecule has 2 aromatic heterocycles. The van der Waals surface area contributed by atoms with Crippen LogP contribution in [0.2, 0.25) is 0 Å². The molecule has 63 heavy (non-hydrogen) atoms. The lowest BCUT2D eigenvalue weighted by molar-refractivity contribution is 0.669. The molecule has 10 aromatic carbocycles. The van der Waals surface area contributed by atoms with Gasteiger partial charge in [-0.05, 0) is 123 Å². The van der Waals surface area contributed by atoms with Gasteiger partial charge in [0.15, 0.2) is 0 Å². The second-order valence-corrected chi connectivity index (χ2v) is 16.1. The molecular formula is C60H40N2O. The van der Waals surface area contributed by atoms with Crippen molar-refractivity contribution in [3.63, 3.8) is 0 Å². The number of aromatic nitrogens is 1. The third-order valence-electron chi connectivity index (χ3n) is 12.4. The zero-order valence-corrected chi connectivity index (χ0v) is 34.4. The molecule has 0 unspecified atom stereocenters. The molecule has 0 atom stereocenters. The van der Waals surface area contributed by atoms with Gasteiger partial charge in [0.05, 0.1) is 11.0 Å². The average Bonchev–Trinajstić information content (AvgIpc) is 3.90. The molecule has 0 radical (unpaired) electrons. The fourth-order valence-corrected chi connectivity index (χ4v) is 9.40. The predicted molar refractivity (Wildman–Crippen MR) is 264 cm³/mol. The van der Waals surface area contributed by atoms with Gasteiger partial charge in [0.1, 0.15) is 11.2 Å². The van der Waals surface area contributed by atoms with Crippen molar-refractivity contribution in [3.8, 4) is 50.2 Å². The third-order valence-corrected chi connectivity index (χ3v) is 12.4. The maximum atomic E-state index is 6.31. The standard InChI is InChI=1S/C60H40N2O/c1-2-14-41(15-3-1)44-16-12-17-45(38-44)42-28-33-47(34-29-42)61(49-18-13-19-50(40-49)62-57-25-9-6-22-53(57)54-23-7-10-26-58(54)62)48-35-30-43(31-36-48)51-20-4-5-21-52(51)46-32-37-56-55-24-8-11-27-59(55)63-60(56)39-46/h1-40H. The molecule has 0 aliphatic carbocycles. The Bertz CT molecular complexity index is 3560. The number of hydrogen-bond acceptors (Lipinski definition) is 2. The minimum atomic E-state index is 0.896. The van der Waals surface area contributed by atoms with Crippen LogP contribution in [0.4, 0.5) is 17.1 Å². The van der Waals surface area contributed by atoms with Crippen LogP contribution in [0.1, 0.15) is 0 Å². The predicted octanol–water partition coefficient (Wildman–Crippen LogP) is 16.8. The minimum Gasteiger partial charge on any atom is -0.456 e. The van der Waals surface area contributed by atoms with E-state index in [9.17, 15) is 0 Å². The van der Waals surface area contributed by atoms with E-state index in [1.54, 1.807) is 0 Å². The maximum absolute atomic E-state index is 6.31. The number of hydrogen-bond donors (Lipinski definition) is 0. The molecule has 12 aromatic rings. The van der Waals surface area contributed by atoms with Crippen molar-refractivity contribution in [2.45, 2.75) is 0 Å². The summed E-state index contributed by atoms with van der Waals surface area (Å²) < 4.78 is 8.70. The van der Waals surface area contributed by atoms with Crippen LogP contribution >= 0.6 is 0 Å². The van der Waals surface area contributed by atoms with E-state index in [1.165, 1.54) is 49.6 Å². The molecule has 0 aliphatic rings. The number of benzene rings is 10. The number of anilines is 3. The Morgan fingerprint density at radius 1 is 0.286 bits per heavy atom. The van der Waals surface area contributed by atoms with Crippen molar-refractivity contribution >= 4 is 60.8 Å². The first-order chi connectivity index (χ1) is 31.2. The highest BCUT2D eigenvalue weighted by atomic mass is 16.3. The molecule has 0 aliphatic heterocycles. The summed E-state index contributed by atoms with van der Waals surface area (Å²) in [7, 11) is 0. The van der Waals surface area contributed by atoms with Gasteiger partial charge in [-0.3, -0.25) is 0 Å². The first-order valence-corrected chi connectivity index (χ1v) is 21.5. The molecular weight excluding hydrogens is 765 g/mol. The zero-order valence-electron chi connectivity index (χ0n) is 34.4. The van der Waals surface area contributed by atoms with E-state index >= 15 is 0 Å². The van der Waals surface area contributed by atoms with Gasteiger partial charge in [-0.25, -0.2) is 0 Å². The molecule has 296 valence electrons. The van der Waals surface area contributed by atoms with Crippen molar-refractivity contribution in [2.24, 2.45) is 0 Å². The summed E-state index contributed by atoms with van der Waals surface area (Å²) in [5.41, 5.74) is 17.9. The van der Waals surface area contributed by atoms with Crippen LogP contribution in [0.15, 0.2) is 247 Å². The largest absolute Gasteiger partial charge is 0.456 e. The van der Waals surface area contributed by atoms with Crippen molar-refractivity contribution in [1.29, 1.82) is 0 Å². The molecule has 3 heteroatoms. The average molecular weight is 805 g/mol. The Kier molecular flexibility index (Phi) is 8.83. The second kappa shape index (κ2) is 15.3. The van der Waals surface area contributed by atoms with Crippen LogP contribution in [0.3, 0.4) is 0 Å². The number of para-hydroxylation sites is 3. The first-order valence-electron chi connectivity index (χ1n) is 21.5. The molecule has 12 rings (SSSR count). The van der Waals surface area contributed by atoms with Gasteiger partial charge in [0.25, 0.3) is 0 Å². The summed E-state index contributed by atoms with van der Waals surface area (Å²) >= 11 is 0. The van der Waals surface area contributed by atoms with Gasteiger partial charge in [-0.15, -0.1) is 0 Å². The summed E-state index contributed by atoms with van der Waals surface area (Å²) in [4.78, 5) is 2.37. The van der Waals surface area contributed by atoms with E-state index in [-0.39, 0.29) is 0 Å². The lowest BCUT2D eigenvalue weighted by atomic mass is 9.94. The summed E-state index contributed by atoms with van der Waals surface area (Å²) in [6.07, 6.45) is 0. The van der Waals surface area contributed by atoms with Gasteiger partial charge < -0.3 is 13.9 Å². The van der Waals surface area contributed by atoms with Gasteiger partial charge in [-0.2, -0.15) is 0 Å². The molecule has 0 amide bonds. The van der Waals surface area contributed by atoms with Crippen LogP contribution in [0.5, 0.6) is 0 Å². The maximum Gasteiger partial charge on any atom is 0.136 e. The summed E-state index contributed by atoms with van der Waals surface area (Å²) in [6, 6.07) is 87.1. The number of fused-ring (bicyclic) bond motifs is 6. The fraction of sp³-hybridized carbons (Fsp3) is 0. The molecule has 3 nitrogen and oxygen atoms in total. The Labute approximate surface area is 366 Å². The van der Waals surface area contributed by atoms with E-state index in [0.717, 1.165) is 61.4 Å². The molecule has 0 fully saturated rings. The Hall–Kier alpha value is -8.40. The molecule has 0 spiro atoms. The van der Waals surface area contributed by atoms with Crippen molar-refractivity contribution in [1.82, 2.24) is 4.57 Å². The Morgan fingerprint density at radius 3 is 1.49 bits per heavy atom. The highest BCUT2D eigenvalue weighted by molar-refractivity contribution is 6.09. The highest BCUT2D eigenvalue weighted by Gasteiger charge is 2.18. The summed E-state index contributed by atoms with van der Waals surface area (Å²) in [5.74, 6) is 0. The Balaban J connectivity index is 0.955. The smallest absolute Gasteiger partial charge is 0.136 e.